The molecule has 0 atom stereocenters. The molecule has 2 aromatic heterocycles. The Bertz CT molecular complexity index is 3030. The molecule has 0 spiro atoms. The summed E-state index contributed by atoms with van der Waals surface area (Å²) in [5, 5.41) is 2.22. The fourth-order valence-corrected chi connectivity index (χ4v) is 9.13. The first-order valence-electron chi connectivity index (χ1n) is 22.5. The van der Waals surface area contributed by atoms with E-state index >= 15 is 0 Å². The van der Waals surface area contributed by atoms with Gasteiger partial charge in [-0.05, 0) is 69.0 Å². The molecule has 65 heavy (non-hydrogen) atoms. The Kier molecular flexibility index (Phi) is 12.0. The summed E-state index contributed by atoms with van der Waals surface area (Å²) in [7, 11) is 0. The zero-order valence-electron chi connectivity index (χ0n) is 39.5. The van der Waals surface area contributed by atoms with E-state index in [2.05, 4.69) is 243 Å². The summed E-state index contributed by atoms with van der Waals surface area (Å²) < 4.78 is 8.97. The van der Waals surface area contributed by atoms with E-state index in [4.69, 9.17) is 9.72 Å². The molecular weight excluding hydrogens is 976 g/mol. The molecule has 0 saturated carbocycles. The van der Waals surface area contributed by atoms with Gasteiger partial charge in [0.1, 0.15) is 5.82 Å². The van der Waals surface area contributed by atoms with Crippen molar-refractivity contribution >= 4 is 33.2 Å². The van der Waals surface area contributed by atoms with Crippen LogP contribution in [0.15, 0.2) is 163 Å². The summed E-state index contributed by atoms with van der Waals surface area (Å²) in [6, 6.07) is 59.0. The number of benzene rings is 6. The molecule has 0 fully saturated rings. The molecule has 6 aromatic carbocycles. The van der Waals surface area contributed by atoms with E-state index in [1.807, 2.05) is 18.3 Å². The summed E-state index contributed by atoms with van der Waals surface area (Å²) in [5.74, 6) is 2.06. The van der Waals surface area contributed by atoms with Crippen molar-refractivity contribution in [2.75, 3.05) is 9.80 Å². The van der Waals surface area contributed by atoms with E-state index in [1.54, 1.807) is 0 Å². The van der Waals surface area contributed by atoms with Crippen LogP contribution in [0.25, 0.3) is 38.8 Å². The normalized spacial score (nSPS) is 13.8. The Labute approximate surface area is 401 Å². The minimum Gasteiger partial charge on any atom is -0.509 e. The van der Waals surface area contributed by atoms with Gasteiger partial charge >= 0.3 is 0 Å². The van der Waals surface area contributed by atoms with Gasteiger partial charge in [-0.15, -0.1) is 48.1 Å². The van der Waals surface area contributed by atoms with Gasteiger partial charge in [0.15, 0.2) is 0 Å². The number of fused-ring (bicyclic) bond motifs is 3. The van der Waals surface area contributed by atoms with Crippen molar-refractivity contribution in [2.24, 2.45) is 10.8 Å². The average molecular weight is 1040 g/mol. The van der Waals surface area contributed by atoms with Gasteiger partial charge in [0.2, 0.25) is 0 Å². The van der Waals surface area contributed by atoms with Gasteiger partial charge in [-0.25, -0.2) is 4.98 Å². The van der Waals surface area contributed by atoms with Crippen molar-refractivity contribution in [3.63, 3.8) is 0 Å². The maximum Gasteiger partial charge on any atom is 0.135 e. The fraction of sp³-hybridized carbons (Fsp3) is 0.254. The monoisotopic (exact) mass is 1030 g/mol. The number of hydrogen-bond acceptors (Lipinski definition) is 4. The Morgan fingerprint density at radius 2 is 1.15 bits per heavy atom. The van der Waals surface area contributed by atoms with Gasteiger partial charge in [-0.2, -0.15) is 12.1 Å². The maximum atomic E-state index is 6.75. The molecule has 9 rings (SSSR count). The predicted molar refractivity (Wildman–Crippen MR) is 267 cm³/mol. The second kappa shape index (κ2) is 17.1. The number of rotatable bonds is 8. The third-order valence-electron chi connectivity index (χ3n) is 12.5. The number of hydrogen-bond donors (Lipinski definition) is 0. The second-order valence-corrected chi connectivity index (χ2v) is 20.8. The van der Waals surface area contributed by atoms with Crippen LogP contribution in [-0.2, 0) is 31.9 Å². The van der Waals surface area contributed by atoms with Crippen molar-refractivity contribution in [1.29, 1.82) is 0 Å². The largest absolute Gasteiger partial charge is 0.509 e. The van der Waals surface area contributed by atoms with E-state index in [0.717, 1.165) is 44.6 Å². The fourth-order valence-electron chi connectivity index (χ4n) is 9.13. The topological polar surface area (TPSA) is 33.5 Å². The van der Waals surface area contributed by atoms with Crippen LogP contribution in [0.4, 0.5) is 11.4 Å². The second-order valence-electron chi connectivity index (χ2n) is 20.8. The van der Waals surface area contributed by atoms with Gasteiger partial charge in [0, 0.05) is 77.6 Å². The summed E-state index contributed by atoms with van der Waals surface area (Å²) in [5.41, 5.74) is 12.0. The van der Waals surface area contributed by atoms with Crippen molar-refractivity contribution in [1.82, 2.24) is 9.55 Å². The number of allylic oxidation sites excluding steroid dienone is 2. The van der Waals surface area contributed by atoms with Crippen molar-refractivity contribution in [3.05, 3.63) is 199 Å². The summed E-state index contributed by atoms with van der Waals surface area (Å²) >= 11 is 0. The zero-order valence-corrected chi connectivity index (χ0v) is 41.8. The Balaban J connectivity index is 0.00000576. The molecule has 5 nitrogen and oxygen atoms in total. The van der Waals surface area contributed by atoms with Crippen LogP contribution in [0.5, 0.6) is 11.5 Å². The molecule has 3 heterocycles. The van der Waals surface area contributed by atoms with Crippen LogP contribution in [-0.4, -0.2) is 9.55 Å². The van der Waals surface area contributed by atoms with Crippen LogP contribution in [0.3, 0.4) is 0 Å². The SMILES string of the molecule is CC(C)(C)C1=C(C(C)(C)C)N(c2cccc(C(C)(C)c3ccccc3)c2)[CH-]N1c1[c-]c(Oc2[c-]c3c(cc2)c2cc(-c4ccccc4)ccc2n3-c2cc(C(C)(C)C)ccn2)ccc1.[Pt]. The van der Waals surface area contributed by atoms with E-state index in [-0.39, 0.29) is 42.7 Å². The number of pyridine rings is 1. The molecule has 0 unspecified atom stereocenters. The van der Waals surface area contributed by atoms with Crippen molar-refractivity contribution in [3.8, 4) is 28.4 Å². The van der Waals surface area contributed by atoms with Gasteiger partial charge in [0.25, 0.3) is 0 Å². The first-order valence-corrected chi connectivity index (χ1v) is 22.5. The minimum atomic E-state index is -0.204. The van der Waals surface area contributed by atoms with E-state index in [9.17, 15) is 0 Å². The van der Waals surface area contributed by atoms with Gasteiger partial charge < -0.3 is 19.1 Å². The molecule has 0 bridgehead atoms. The number of ether oxygens (including phenoxy) is 1. The van der Waals surface area contributed by atoms with Gasteiger partial charge in [-0.3, -0.25) is 0 Å². The van der Waals surface area contributed by atoms with Gasteiger partial charge in [0.05, 0.1) is 0 Å². The molecule has 1 aliphatic heterocycles. The molecule has 0 aliphatic carbocycles. The van der Waals surface area contributed by atoms with Crippen LogP contribution in [0.1, 0.15) is 92.9 Å². The van der Waals surface area contributed by atoms with E-state index in [1.165, 1.54) is 33.6 Å². The Morgan fingerprint density at radius 3 is 1.85 bits per heavy atom. The van der Waals surface area contributed by atoms with Crippen LogP contribution in [0, 0.1) is 29.6 Å². The smallest absolute Gasteiger partial charge is 0.135 e. The van der Waals surface area contributed by atoms with Crippen molar-refractivity contribution in [2.45, 2.75) is 87.0 Å². The first-order chi connectivity index (χ1) is 30.4. The standard InChI is InChI=1S/C59H59N4O.Pt/c1-56(2,3)43-32-33-60-53(36-43)63-51-31-28-41(40-20-14-12-15-21-40)34-50(51)49-30-29-48(38-52(49)63)64-47-27-19-26-46(37-47)62-39-61(54(57(4,5)6)55(62)58(7,8)9)45-25-18-24-44(35-45)59(10,11)42-22-16-13-17-23-42;/h12-36,39H,1-11H3;/q-3;. The third kappa shape index (κ3) is 8.81. The van der Waals surface area contributed by atoms with Crippen LogP contribution >= 0.6 is 0 Å². The molecule has 6 heteroatoms. The number of nitrogens with zero attached hydrogens (tertiary/aromatic N) is 4. The molecule has 334 valence electrons. The molecule has 1 aliphatic rings. The summed E-state index contributed by atoms with van der Waals surface area (Å²) in [6.45, 7) is 27.4. The zero-order chi connectivity index (χ0) is 45.2. The van der Waals surface area contributed by atoms with Crippen molar-refractivity contribution < 1.29 is 25.8 Å². The molecule has 0 saturated heterocycles. The van der Waals surface area contributed by atoms with Gasteiger partial charge in [-0.1, -0.05) is 167 Å². The quantitative estimate of drug-likeness (QED) is 0.142. The predicted octanol–water partition coefficient (Wildman–Crippen LogP) is 15.6. The van der Waals surface area contributed by atoms with E-state index < -0.39 is 0 Å². The summed E-state index contributed by atoms with van der Waals surface area (Å²) in [4.78, 5) is 9.63. The Morgan fingerprint density at radius 1 is 0.508 bits per heavy atom. The van der Waals surface area contributed by atoms with Crippen LogP contribution in [0.2, 0.25) is 0 Å². The number of aromatic nitrogens is 2. The molecule has 0 amide bonds. The summed E-state index contributed by atoms with van der Waals surface area (Å²) in [6.07, 6.45) is 1.91. The molecule has 8 aromatic rings. The third-order valence-corrected chi connectivity index (χ3v) is 12.5. The first kappa shape index (κ1) is 45.7. The average Bonchev–Trinajstić information content (AvgIpc) is 3.85. The van der Waals surface area contributed by atoms with E-state index in [0.29, 0.717) is 11.5 Å². The number of anilines is 2. The Hall–Kier alpha value is -5.90. The molecular formula is C59H59N4OPt-3. The molecule has 0 radical (unpaired) electrons. The molecule has 0 N–H and O–H groups in total. The maximum absolute atomic E-state index is 6.75. The minimum absolute atomic E-state index is 0. The van der Waals surface area contributed by atoms with Crippen LogP contribution < -0.4 is 14.5 Å².